The number of amides is 1. The van der Waals surface area contributed by atoms with Gasteiger partial charge in [-0.05, 0) is 60.7 Å². The Kier molecular flexibility index (Phi) is 6.81. The van der Waals surface area contributed by atoms with Crippen molar-refractivity contribution in [1.82, 2.24) is 9.13 Å². The number of halogens is 2. The molecule has 0 aliphatic carbocycles. The molecule has 0 fully saturated rings. The van der Waals surface area contributed by atoms with Crippen LogP contribution in [0.3, 0.4) is 0 Å². The lowest BCUT2D eigenvalue weighted by Crippen LogP contribution is -2.19. The summed E-state index contributed by atoms with van der Waals surface area (Å²) < 4.78 is 7.58. The first kappa shape index (κ1) is 21.9. The van der Waals surface area contributed by atoms with Crippen LogP contribution in [0.15, 0.2) is 48.5 Å². The molecular formula is C20H17Cl2N3O4S. The normalized spacial score (nSPS) is 10.6. The van der Waals surface area contributed by atoms with Gasteiger partial charge in [0.2, 0.25) is 11.8 Å². The first-order valence-corrected chi connectivity index (χ1v) is 9.88. The number of hydrogen-bond acceptors (Lipinski definition) is 5. The third-order valence-corrected chi connectivity index (χ3v) is 5.18. The number of aromatic nitrogens is 2. The molecule has 7 nitrogen and oxygen atoms in total. The van der Waals surface area contributed by atoms with E-state index in [-0.39, 0.29) is 29.3 Å². The molecule has 1 aromatic heterocycles. The summed E-state index contributed by atoms with van der Waals surface area (Å²) in [5, 5.41) is 14.6. The molecule has 2 aromatic carbocycles. The minimum absolute atomic E-state index is 0.134. The number of carbonyl (C=O) groups is 2. The smallest absolute Gasteiger partial charge is 0.325 e. The van der Waals surface area contributed by atoms with Crippen LogP contribution in [0.1, 0.15) is 5.69 Å². The van der Waals surface area contributed by atoms with E-state index in [0.29, 0.717) is 21.4 Å². The molecule has 0 unspecified atom stereocenters. The molecule has 1 amide bonds. The summed E-state index contributed by atoms with van der Waals surface area (Å²) in [4.78, 5) is 24.5. The van der Waals surface area contributed by atoms with Crippen LogP contribution in [0.25, 0.3) is 5.69 Å². The van der Waals surface area contributed by atoms with Crippen molar-refractivity contribution in [3.05, 3.63) is 69.0 Å². The molecule has 0 aliphatic heterocycles. The van der Waals surface area contributed by atoms with Crippen molar-refractivity contribution in [3.63, 3.8) is 0 Å². The highest BCUT2D eigenvalue weighted by Crippen LogP contribution is 2.27. The number of esters is 1. The van der Waals surface area contributed by atoms with Crippen molar-refractivity contribution in [2.24, 2.45) is 0 Å². The van der Waals surface area contributed by atoms with Gasteiger partial charge in [-0.25, -0.2) is 0 Å². The van der Waals surface area contributed by atoms with Crippen LogP contribution in [-0.4, -0.2) is 33.2 Å². The first-order valence-electron chi connectivity index (χ1n) is 8.71. The van der Waals surface area contributed by atoms with E-state index >= 15 is 0 Å². The molecule has 0 bridgehead atoms. The lowest BCUT2D eigenvalue weighted by Gasteiger charge is -2.08. The van der Waals surface area contributed by atoms with Gasteiger partial charge in [-0.15, -0.1) is 0 Å². The van der Waals surface area contributed by atoms with Crippen molar-refractivity contribution in [2.45, 2.75) is 13.0 Å². The number of carbonyl (C=O) groups excluding carboxylic acids is 2. The topological polar surface area (TPSA) is 85.5 Å². The monoisotopic (exact) mass is 465 g/mol. The molecule has 0 radical (unpaired) electrons. The van der Waals surface area contributed by atoms with Crippen LogP contribution in [0.5, 0.6) is 5.88 Å². The molecular weight excluding hydrogens is 449 g/mol. The summed E-state index contributed by atoms with van der Waals surface area (Å²) >= 11 is 17.2. The number of imidazole rings is 1. The molecule has 0 saturated heterocycles. The molecule has 156 valence electrons. The minimum atomic E-state index is -0.571. The summed E-state index contributed by atoms with van der Waals surface area (Å²) in [6, 6.07) is 13.2. The quantitative estimate of drug-likeness (QED) is 0.416. The van der Waals surface area contributed by atoms with E-state index in [1.54, 1.807) is 48.5 Å². The van der Waals surface area contributed by atoms with Gasteiger partial charge < -0.3 is 19.7 Å². The third-order valence-electron chi connectivity index (χ3n) is 4.27. The van der Waals surface area contributed by atoms with E-state index in [2.05, 4.69) is 5.32 Å². The molecule has 10 heteroatoms. The van der Waals surface area contributed by atoms with Crippen LogP contribution >= 0.6 is 35.4 Å². The second kappa shape index (κ2) is 9.34. The number of benzene rings is 2. The minimum Gasteiger partial charge on any atom is -0.493 e. The molecule has 0 atom stereocenters. The SMILES string of the molecule is COC(=O)Cn1c(CC(=O)Nc2ccc(Cl)cc2)c(O)n(-c2ccc(Cl)cc2)c1=S. The molecule has 0 spiro atoms. The Morgan fingerprint density at radius 2 is 1.63 bits per heavy atom. The summed E-state index contributed by atoms with van der Waals surface area (Å²) in [5.74, 6) is -1.23. The maximum Gasteiger partial charge on any atom is 0.325 e. The molecule has 30 heavy (non-hydrogen) atoms. The fourth-order valence-electron chi connectivity index (χ4n) is 2.82. The Morgan fingerprint density at radius 1 is 1.07 bits per heavy atom. The van der Waals surface area contributed by atoms with Crippen molar-refractivity contribution in [3.8, 4) is 11.6 Å². The van der Waals surface area contributed by atoms with E-state index in [4.69, 9.17) is 40.2 Å². The van der Waals surface area contributed by atoms with Gasteiger partial charge in [-0.3, -0.25) is 14.2 Å². The van der Waals surface area contributed by atoms with Gasteiger partial charge in [0, 0.05) is 15.7 Å². The average Bonchev–Trinajstić information content (AvgIpc) is 2.94. The van der Waals surface area contributed by atoms with Gasteiger partial charge in [-0.2, -0.15) is 0 Å². The van der Waals surface area contributed by atoms with Crippen LogP contribution in [0, 0.1) is 4.77 Å². The number of ether oxygens (including phenoxy) is 1. The Morgan fingerprint density at radius 3 is 2.20 bits per heavy atom. The fraction of sp³-hybridized carbons (Fsp3) is 0.150. The lowest BCUT2D eigenvalue weighted by atomic mass is 10.2. The van der Waals surface area contributed by atoms with E-state index in [0.717, 1.165) is 0 Å². The molecule has 0 aliphatic rings. The zero-order valence-electron chi connectivity index (χ0n) is 15.8. The molecule has 3 aromatic rings. The number of anilines is 1. The Labute approximate surface area is 187 Å². The average molecular weight is 466 g/mol. The zero-order chi connectivity index (χ0) is 21.8. The van der Waals surface area contributed by atoms with E-state index in [1.807, 2.05) is 0 Å². The summed E-state index contributed by atoms with van der Waals surface area (Å²) in [5.41, 5.74) is 1.25. The van der Waals surface area contributed by atoms with Gasteiger partial charge in [0.15, 0.2) is 4.77 Å². The highest BCUT2D eigenvalue weighted by molar-refractivity contribution is 7.71. The van der Waals surface area contributed by atoms with Gasteiger partial charge in [0.05, 0.1) is 24.9 Å². The third kappa shape index (κ3) is 4.84. The summed E-state index contributed by atoms with van der Waals surface area (Å²) in [7, 11) is 1.24. The summed E-state index contributed by atoms with van der Waals surface area (Å²) in [6.07, 6.45) is -0.227. The highest BCUT2D eigenvalue weighted by Gasteiger charge is 2.22. The molecule has 1 heterocycles. The van der Waals surface area contributed by atoms with Crippen LogP contribution in [0.4, 0.5) is 5.69 Å². The van der Waals surface area contributed by atoms with E-state index in [9.17, 15) is 14.7 Å². The first-order chi connectivity index (χ1) is 14.3. The number of nitrogens with one attached hydrogen (secondary N) is 1. The summed E-state index contributed by atoms with van der Waals surface area (Å²) in [6.45, 7) is -0.257. The standard InChI is InChI=1S/C20H17Cl2N3O4S/c1-29-18(27)11-24-16(10-17(26)23-14-6-2-12(21)3-7-14)19(28)25(20(24)30)15-8-4-13(22)5-9-15/h2-9,28H,10-11H2,1H3,(H,23,26). The Balaban J connectivity index is 1.98. The second-order valence-corrected chi connectivity index (χ2v) is 7.50. The van der Waals surface area contributed by atoms with Crippen molar-refractivity contribution in [1.29, 1.82) is 0 Å². The number of methoxy groups -OCH3 is 1. The van der Waals surface area contributed by atoms with E-state index < -0.39 is 11.9 Å². The van der Waals surface area contributed by atoms with Crippen LogP contribution in [-0.2, 0) is 27.3 Å². The molecule has 3 rings (SSSR count). The second-order valence-electron chi connectivity index (χ2n) is 6.26. The van der Waals surface area contributed by atoms with Crippen molar-refractivity contribution < 1.29 is 19.4 Å². The maximum absolute atomic E-state index is 12.6. The number of hydrogen-bond donors (Lipinski definition) is 2. The Hall–Kier alpha value is -2.81. The van der Waals surface area contributed by atoms with Gasteiger partial charge in [0.25, 0.3) is 0 Å². The number of rotatable bonds is 6. The lowest BCUT2D eigenvalue weighted by molar-refractivity contribution is -0.141. The van der Waals surface area contributed by atoms with E-state index in [1.165, 1.54) is 16.2 Å². The largest absolute Gasteiger partial charge is 0.493 e. The predicted octanol–water partition coefficient (Wildman–Crippen LogP) is 4.37. The highest BCUT2D eigenvalue weighted by atomic mass is 35.5. The maximum atomic E-state index is 12.6. The molecule has 0 saturated carbocycles. The van der Waals surface area contributed by atoms with Crippen LogP contribution in [0.2, 0.25) is 10.0 Å². The zero-order valence-corrected chi connectivity index (χ0v) is 18.1. The van der Waals surface area contributed by atoms with Crippen molar-refractivity contribution >= 4 is 53.0 Å². The molecule has 2 N–H and O–H groups in total. The number of nitrogens with zero attached hydrogens (tertiary/aromatic N) is 2. The van der Waals surface area contributed by atoms with Crippen molar-refractivity contribution in [2.75, 3.05) is 12.4 Å². The predicted molar refractivity (Wildman–Crippen MR) is 117 cm³/mol. The number of aromatic hydroxyl groups is 1. The van der Waals surface area contributed by atoms with Gasteiger partial charge in [0.1, 0.15) is 6.54 Å². The van der Waals surface area contributed by atoms with Gasteiger partial charge >= 0.3 is 5.97 Å². The Bertz CT molecular complexity index is 1140. The fourth-order valence-corrected chi connectivity index (χ4v) is 3.44. The van der Waals surface area contributed by atoms with Gasteiger partial charge in [-0.1, -0.05) is 23.2 Å². The van der Waals surface area contributed by atoms with Crippen LogP contribution < -0.4 is 5.32 Å².